The molecule has 1 aromatic heterocycles. The molecule has 4 aromatic rings. The minimum Gasteiger partial charge on any atom is -0.322 e. The molecule has 0 aliphatic carbocycles. The van der Waals surface area contributed by atoms with Crippen LogP contribution in [0.4, 0.5) is 5.69 Å². The molecule has 0 saturated carbocycles. The average molecular weight is 529 g/mol. The van der Waals surface area contributed by atoms with Crippen molar-refractivity contribution in [3.63, 3.8) is 0 Å². The molecule has 0 saturated heterocycles. The standard InChI is InChI=1S/C24H19BrClN3O2S/c1-32-21-11-7-19(8-12-21)27-23(30)22-15-28(14-16-3-2-4-18(26)13-16)29(24(22)31)20-9-5-17(25)6-10-20/h2-13,15H,14H2,1H3,(H,27,30). The molecule has 0 atom stereocenters. The summed E-state index contributed by atoms with van der Waals surface area (Å²) >= 11 is 11.2. The van der Waals surface area contributed by atoms with Crippen LogP contribution in [0.5, 0.6) is 0 Å². The van der Waals surface area contributed by atoms with Crippen LogP contribution in [0.2, 0.25) is 5.02 Å². The van der Waals surface area contributed by atoms with E-state index in [1.807, 2.05) is 73.0 Å². The van der Waals surface area contributed by atoms with E-state index in [1.54, 1.807) is 28.7 Å². The number of aromatic nitrogens is 2. The third-order valence-electron chi connectivity index (χ3n) is 4.86. The van der Waals surface area contributed by atoms with Gasteiger partial charge in [-0.3, -0.25) is 14.3 Å². The Bertz CT molecular complexity index is 1310. The van der Waals surface area contributed by atoms with E-state index in [2.05, 4.69) is 21.2 Å². The zero-order valence-electron chi connectivity index (χ0n) is 17.1. The van der Waals surface area contributed by atoms with Gasteiger partial charge in [0.1, 0.15) is 5.56 Å². The fraction of sp³-hybridized carbons (Fsp3) is 0.0833. The van der Waals surface area contributed by atoms with Crippen LogP contribution >= 0.6 is 39.3 Å². The molecule has 1 amide bonds. The second-order valence-electron chi connectivity index (χ2n) is 7.05. The van der Waals surface area contributed by atoms with Crippen LogP contribution in [0.3, 0.4) is 0 Å². The fourth-order valence-electron chi connectivity index (χ4n) is 3.31. The van der Waals surface area contributed by atoms with Crippen LogP contribution in [-0.2, 0) is 6.54 Å². The molecule has 0 aliphatic heterocycles. The summed E-state index contributed by atoms with van der Waals surface area (Å²) in [7, 11) is 0. The normalized spacial score (nSPS) is 10.8. The molecule has 0 unspecified atom stereocenters. The van der Waals surface area contributed by atoms with E-state index in [1.165, 1.54) is 4.68 Å². The van der Waals surface area contributed by atoms with E-state index in [0.717, 1.165) is 14.9 Å². The first-order chi connectivity index (χ1) is 15.4. The average Bonchev–Trinajstić information content (AvgIpc) is 3.11. The summed E-state index contributed by atoms with van der Waals surface area (Å²) < 4.78 is 4.12. The lowest BCUT2D eigenvalue weighted by Crippen LogP contribution is -2.26. The van der Waals surface area contributed by atoms with E-state index in [9.17, 15) is 9.59 Å². The summed E-state index contributed by atoms with van der Waals surface area (Å²) in [4.78, 5) is 27.4. The molecule has 0 spiro atoms. The van der Waals surface area contributed by atoms with Gasteiger partial charge >= 0.3 is 0 Å². The minimum atomic E-state index is -0.456. The molecular formula is C24H19BrClN3O2S. The first-order valence-electron chi connectivity index (χ1n) is 9.73. The Morgan fingerprint density at radius 2 is 1.78 bits per heavy atom. The number of rotatable bonds is 6. The van der Waals surface area contributed by atoms with Crippen molar-refractivity contribution >= 4 is 50.9 Å². The van der Waals surface area contributed by atoms with Crippen molar-refractivity contribution in [1.82, 2.24) is 9.36 Å². The maximum absolute atomic E-state index is 13.3. The molecule has 0 radical (unpaired) electrons. The van der Waals surface area contributed by atoms with Gasteiger partial charge in [0, 0.05) is 26.3 Å². The molecule has 8 heteroatoms. The highest BCUT2D eigenvalue weighted by atomic mass is 79.9. The predicted octanol–water partition coefficient (Wildman–Crippen LogP) is 6.08. The van der Waals surface area contributed by atoms with Crippen LogP contribution < -0.4 is 10.9 Å². The van der Waals surface area contributed by atoms with Gasteiger partial charge in [0.25, 0.3) is 11.5 Å². The number of halogens is 2. The van der Waals surface area contributed by atoms with Crippen LogP contribution in [-0.4, -0.2) is 21.5 Å². The lowest BCUT2D eigenvalue weighted by molar-refractivity contribution is 0.102. The van der Waals surface area contributed by atoms with Crippen molar-refractivity contribution in [2.45, 2.75) is 11.4 Å². The van der Waals surface area contributed by atoms with Gasteiger partial charge in [-0.15, -0.1) is 11.8 Å². The van der Waals surface area contributed by atoms with Gasteiger partial charge in [-0.25, -0.2) is 4.68 Å². The van der Waals surface area contributed by atoms with Crippen LogP contribution in [0.1, 0.15) is 15.9 Å². The number of carbonyl (C=O) groups is 1. The third-order valence-corrected chi connectivity index (χ3v) is 6.36. The van der Waals surface area contributed by atoms with Gasteiger partial charge in [-0.1, -0.05) is 39.7 Å². The quantitative estimate of drug-likeness (QED) is 0.309. The number of carbonyl (C=O) groups excluding carboxylic acids is 1. The number of nitrogens with one attached hydrogen (secondary N) is 1. The van der Waals surface area contributed by atoms with Crippen molar-refractivity contribution in [2.24, 2.45) is 0 Å². The topological polar surface area (TPSA) is 56.0 Å². The molecule has 1 N–H and O–H groups in total. The molecule has 162 valence electrons. The Balaban J connectivity index is 1.73. The summed E-state index contributed by atoms with van der Waals surface area (Å²) in [5.74, 6) is -0.456. The van der Waals surface area contributed by atoms with E-state index in [0.29, 0.717) is 22.9 Å². The number of amides is 1. The number of hydrogen-bond donors (Lipinski definition) is 1. The van der Waals surface area contributed by atoms with Gasteiger partial charge in [-0.05, 0) is 72.5 Å². The first kappa shape index (κ1) is 22.5. The second kappa shape index (κ2) is 9.81. The predicted molar refractivity (Wildman–Crippen MR) is 134 cm³/mol. The van der Waals surface area contributed by atoms with Crippen molar-refractivity contribution < 1.29 is 4.79 Å². The lowest BCUT2D eigenvalue weighted by atomic mass is 10.2. The second-order valence-corrected chi connectivity index (χ2v) is 9.28. The monoisotopic (exact) mass is 527 g/mol. The van der Waals surface area contributed by atoms with Gasteiger partial charge in [0.15, 0.2) is 0 Å². The Labute approximate surface area is 203 Å². The molecule has 0 bridgehead atoms. The van der Waals surface area contributed by atoms with Crippen molar-refractivity contribution in [3.8, 4) is 5.69 Å². The smallest absolute Gasteiger partial charge is 0.284 e. The molecule has 0 aliphatic rings. The van der Waals surface area contributed by atoms with E-state index < -0.39 is 11.5 Å². The van der Waals surface area contributed by atoms with Gasteiger partial charge < -0.3 is 5.32 Å². The molecule has 32 heavy (non-hydrogen) atoms. The maximum Gasteiger partial charge on any atom is 0.284 e. The third kappa shape index (κ3) is 5.01. The van der Waals surface area contributed by atoms with Gasteiger partial charge in [0.2, 0.25) is 0 Å². The molecule has 3 aromatic carbocycles. The van der Waals surface area contributed by atoms with Crippen molar-refractivity contribution in [3.05, 3.63) is 110 Å². The zero-order chi connectivity index (χ0) is 22.7. The number of nitrogens with zero attached hydrogens (tertiary/aromatic N) is 2. The SMILES string of the molecule is CSc1ccc(NC(=O)c2cn(Cc3cccc(Cl)c3)n(-c3ccc(Br)cc3)c2=O)cc1. The molecular weight excluding hydrogens is 510 g/mol. The summed E-state index contributed by atoms with van der Waals surface area (Å²) in [6, 6.07) is 22.2. The Morgan fingerprint density at radius 3 is 2.44 bits per heavy atom. The minimum absolute atomic E-state index is 0.0592. The highest BCUT2D eigenvalue weighted by molar-refractivity contribution is 9.10. The van der Waals surface area contributed by atoms with E-state index in [4.69, 9.17) is 11.6 Å². The molecule has 4 rings (SSSR count). The highest BCUT2D eigenvalue weighted by Crippen LogP contribution is 2.19. The molecule has 0 fully saturated rings. The molecule has 5 nitrogen and oxygen atoms in total. The Kier molecular flexibility index (Phi) is 6.89. The highest BCUT2D eigenvalue weighted by Gasteiger charge is 2.19. The summed E-state index contributed by atoms with van der Waals surface area (Å²) in [5.41, 5.74) is 1.86. The molecule has 1 heterocycles. The van der Waals surface area contributed by atoms with Crippen LogP contribution in [0, 0.1) is 0 Å². The zero-order valence-corrected chi connectivity index (χ0v) is 20.2. The van der Waals surface area contributed by atoms with Gasteiger partial charge in [0.05, 0.1) is 12.2 Å². The Morgan fingerprint density at radius 1 is 1.06 bits per heavy atom. The summed E-state index contributed by atoms with van der Waals surface area (Å²) in [6.07, 6.45) is 3.57. The van der Waals surface area contributed by atoms with Crippen LogP contribution in [0.25, 0.3) is 5.69 Å². The number of benzene rings is 3. The maximum atomic E-state index is 13.3. The van der Waals surface area contributed by atoms with Crippen molar-refractivity contribution in [1.29, 1.82) is 0 Å². The number of thioether (sulfide) groups is 1. The van der Waals surface area contributed by atoms with Crippen LogP contribution in [0.15, 0.2) is 93.2 Å². The van der Waals surface area contributed by atoms with Crippen molar-refractivity contribution in [2.75, 3.05) is 11.6 Å². The van der Waals surface area contributed by atoms with Gasteiger partial charge in [-0.2, -0.15) is 0 Å². The fourth-order valence-corrected chi connectivity index (χ4v) is 4.19. The first-order valence-corrected chi connectivity index (χ1v) is 12.1. The summed E-state index contributed by atoms with van der Waals surface area (Å²) in [5, 5.41) is 3.43. The number of anilines is 1. The largest absolute Gasteiger partial charge is 0.322 e. The summed E-state index contributed by atoms with van der Waals surface area (Å²) in [6.45, 7) is 0.377. The van der Waals surface area contributed by atoms with E-state index >= 15 is 0 Å². The lowest BCUT2D eigenvalue weighted by Gasteiger charge is -2.12. The van der Waals surface area contributed by atoms with E-state index in [-0.39, 0.29) is 5.56 Å². The Hall–Kier alpha value is -2.74. The number of hydrogen-bond acceptors (Lipinski definition) is 3.